The van der Waals surface area contributed by atoms with E-state index in [2.05, 4.69) is 0 Å². The van der Waals surface area contributed by atoms with Crippen LogP contribution in [0.1, 0.15) is 12.8 Å². The van der Waals surface area contributed by atoms with Crippen molar-refractivity contribution >= 4 is 21.6 Å². The van der Waals surface area contributed by atoms with Crippen molar-refractivity contribution in [3.63, 3.8) is 0 Å². The lowest BCUT2D eigenvalue weighted by molar-refractivity contribution is -0.136. The van der Waals surface area contributed by atoms with E-state index in [1.54, 1.807) is 24.3 Å². The van der Waals surface area contributed by atoms with E-state index < -0.39 is 22.3 Å². The molecule has 0 heterocycles. The largest absolute Gasteiger partial charge is 0.493 e. The zero-order chi connectivity index (χ0) is 16.5. The Morgan fingerprint density at radius 2 is 1.91 bits per heavy atom. The maximum absolute atomic E-state index is 11.9. The van der Waals surface area contributed by atoms with Gasteiger partial charge in [-0.15, -0.1) is 0 Å². The van der Waals surface area contributed by atoms with E-state index in [1.807, 2.05) is 0 Å². The number of carbonyl (C=O) groups excluding carboxylic acids is 1. The molecule has 1 rings (SSSR count). The van der Waals surface area contributed by atoms with Crippen molar-refractivity contribution in [2.45, 2.75) is 18.9 Å². The Bertz CT molecular complexity index is 622. The molecule has 2 atom stereocenters. The minimum Gasteiger partial charge on any atom is -0.493 e. The number of para-hydroxylation sites is 2. The smallest absolute Gasteiger partial charge is 0.328 e. The van der Waals surface area contributed by atoms with Gasteiger partial charge >= 0.3 is 5.97 Å². The summed E-state index contributed by atoms with van der Waals surface area (Å²) in [5.74, 6) is -0.238. The summed E-state index contributed by atoms with van der Waals surface area (Å²) in [5.41, 5.74) is 11.2. The third-order valence-electron chi connectivity index (χ3n) is 3.04. The van der Waals surface area contributed by atoms with Crippen LogP contribution in [0.2, 0.25) is 0 Å². The number of nitrogens with two attached hydrogens (primary N) is 2. The van der Waals surface area contributed by atoms with E-state index in [9.17, 15) is 13.2 Å². The third-order valence-corrected chi connectivity index (χ3v) is 3.64. The molecule has 0 bridgehead atoms. The summed E-state index contributed by atoms with van der Waals surface area (Å²) >= 11 is 0. The Balaban J connectivity index is 2.60. The molecular formula is C14H20N2O5S. The number of hydrogen-bond donors (Lipinski definition) is 2. The molecule has 0 radical (unpaired) electrons. The second kappa shape index (κ2) is 9.19. The Morgan fingerprint density at radius 1 is 1.27 bits per heavy atom. The molecule has 0 amide bonds. The summed E-state index contributed by atoms with van der Waals surface area (Å²) in [6, 6.07) is 5.85. The number of ether oxygens (including phenoxy) is 2. The lowest BCUT2D eigenvalue weighted by atomic mass is 10.0. The van der Waals surface area contributed by atoms with Gasteiger partial charge in [0.2, 0.25) is 10.3 Å². The monoisotopic (exact) mass is 328 g/mol. The zero-order valence-electron chi connectivity index (χ0n) is 12.3. The summed E-state index contributed by atoms with van der Waals surface area (Å²) < 4.78 is 31.5. The predicted molar refractivity (Wildman–Crippen MR) is 83.4 cm³/mol. The third kappa shape index (κ3) is 5.84. The van der Waals surface area contributed by atoms with Gasteiger partial charge in [0.25, 0.3) is 0 Å². The van der Waals surface area contributed by atoms with E-state index in [-0.39, 0.29) is 24.6 Å². The molecule has 4 N–H and O–H groups in total. The van der Waals surface area contributed by atoms with Crippen LogP contribution in [0.4, 0.5) is 0 Å². The Labute approximate surface area is 130 Å². The van der Waals surface area contributed by atoms with E-state index >= 15 is 0 Å². The quantitative estimate of drug-likeness (QED) is 0.390. The second-order valence-corrected chi connectivity index (χ2v) is 5.44. The van der Waals surface area contributed by atoms with Crippen LogP contribution in [0.15, 0.2) is 24.3 Å². The highest BCUT2D eigenvalue weighted by molar-refractivity contribution is 7.71. The van der Waals surface area contributed by atoms with Crippen LogP contribution >= 0.6 is 0 Å². The summed E-state index contributed by atoms with van der Waals surface area (Å²) in [4.78, 5) is 11.9. The lowest BCUT2D eigenvalue weighted by Crippen LogP contribution is -2.35. The number of rotatable bonds is 8. The minimum absolute atomic E-state index is 0.169. The molecular weight excluding hydrogens is 308 g/mol. The van der Waals surface area contributed by atoms with Gasteiger partial charge in [0.05, 0.1) is 7.11 Å². The molecule has 22 heavy (non-hydrogen) atoms. The van der Waals surface area contributed by atoms with Crippen LogP contribution in [0, 0.1) is 5.92 Å². The zero-order valence-corrected chi connectivity index (χ0v) is 13.1. The highest BCUT2D eigenvalue weighted by Crippen LogP contribution is 2.26. The predicted octanol–water partition coefficient (Wildman–Crippen LogP) is -0.0357. The van der Waals surface area contributed by atoms with Crippen molar-refractivity contribution < 1.29 is 22.7 Å². The molecule has 0 spiro atoms. The number of methoxy groups -OCH3 is 1. The fraction of sp³-hybridized carbons (Fsp3) is 0.429. The highest BCUT2D eigenvalue weighted by Gasteiger charge is 2.19. The molecule has 122 valence electrons. The molecule has 0 saturated carbocycles. The van der Waals surface area contributed by atoms with Crippen LogP contribution in [0.3, 0.4) is 0 Å². The molecule has 7 nitrogen and oxygen atoms in total. The maximum Gasteiger partial charge on any atom is 0.328 e. The minimum atomic E-state index is -2.29. The summed E-state index contributed by atoms with van der Waals surface area (Å²) in [5, 5.41) is 1.11. The first-order valence-electron chi connectivity index (χ1n) is 6.71. The number of benzene rings is 1. The first-order chi connectivity index (χ1) is 10.5. The lowest BCUT2D eigenvalue weighted by Gasteiger charge is -2.14. The Hall–Kier alpha value is -1.90. The summed E-state index contributed by atoms with van der Waals surface area (Å²) in [7, 11) is -0.816. The van der Waals surface area contributed by atoms with Crippen molar-refractivity contribution in [1.82, 2.24) is 0 Å². The van der Waals surface area contributed by atoms with Crippen LogP contribution in [-0.4, -0.2) is 39.5 Å². The van der Waals surface area contributed by atoms with Gasteiger partial charge in [-0.1, -0.05) is 12.1 Å². The number of esters is 1. The van der Waals surface area contributed by atoms with Crippen molar-refractivity contribution in [3.8, 4) is 11.5 Å². The van der Waals surface area contributed by atoms with Gasteiger partial charge in [0.15, 0.2) is 11.5 Å². The average Bonchev–Trinajstić information content (AvgIpc) is 2.51. The molecule has 0 aliphatic carbocycles. The fourth-order valence-corrected chi connectivity index (χ4v) is 2.36. The summed E-state index contributed by atoms with van der Waals surface area (Å²) in [6.07, 6.45) is 0.649. The molecule has 0 aliphatic rings. The SMILES string of the molecule is COc1ccccc1OC(=O)C(N)CCC(C=S(=O)=O)CN. The van der Waals surface area contributed by atoms with Gasteiger partial charge in [0, 0.05) is 11.3 Å². The van der Waals surface area contributed by atoms with Crippen LogP contribution in [-0.2, 0) is 15.1 Å². The molecule has 8 heteroatoms. The van der Waals surface area contributed by atoms with Crippen LogP contribution in [0.5, 0.6) is 11.5 Å². The van der Waals surface area contributed by atoms with Gasteiger partial charge in [-0.3, -0.25) is 0 Å². The van der Waals surface area contributed by atoms with E-state index in [1.165, 1.54) is 7.11 Å². The van der Waals surface area contributed by atoms with Crippen molar-refractivity contribution in [3.05, 3.63) is 24.3 Å². The Morgan fingerprint density at radius 3 is 2.45 bits per heavy atom. The van der Waals surface area contributed by atoms with Crippen molar-refractivity contribution in [2.24, 2.45) is 17.4 Å². The highest BCUT2D eigenvalue weighted by atomic mass is 32.2. The molecule has 1 aromatic carbocycles. The molecule has 0 aliphatic heterocycles. The van der Waals surface area contributed by atoms with E-state index in [0.717, 1.165) is 5.37 Å². The normalized spacial score (nSPS) is 13.0. The van der Waals surface area contributed by atoms with Gasteiger partial charge in [-0.05, 0) is 31.5 Å². The molecule has 0 fully saturated rings. The topological polar surface area (TPSA) is 122 Å². The van der Waals surface area contributed by atoms with Gasteiger partial charge in [-0.25, -0.2) is 4.79 Å². The Kier molecular flexibility index (Phi) is 7.58. The first kappa shape index (κ1) is 18.1. The van der Waals surface area contributed by atoms with Crippen molar-refractivity contribution in [1.29, 1.82) is 0 Å². The van der Waals surface area contributed by atoms with E-state index in [0.29, 0.717) is 12.2 Å². The number of carbonyl (C=O) groups is 1. The van der Waals surface area contributed by atoms with E-state index in [4.69, 9.17) is 20.9 Å². The first-order valence-corrected chi connectivity index (χ1v) is 7.85. The summed E-state index contributed by atoms with van der Waals surface area (Å²) in [6.45, 7) is 0.169. The fourth-order valence-electron chi connectivity index (χ4n) is 1.80. The van der Waals surface area contributed by atoms with Crippen molar-refractivity contribution in [2.75, 3.05) is 13.7 Å². The van der Waals surface area contributed by atoms with Gasteiger partial charge < -0.3 is 20.9 Å². The maximum atomic E-state index is 11.9. The molecule has 0 saturated heterocycles. The molecule has 1 aromatic rings. The van der Waals surface area contributed by atoms with Gasteiger partial charge in [0.1, 0.15) is 6.04 Å². The van der Waals surface area contributed by atoms with Crippen LogP contribution < -0.4 is 20.9 Å². The van der Waals surface area contributed by atoms with Gasteiger partial charge in [-0.2, -0.15) is 8.42 Å². The second-order valence-electron chi connectivity index (χ2n) is 4.65. The average molecular weight is 328 g/mol. The molecule has 2 unspecified atom stereocenters. The number of hydrogen-bond acceptors (Lipinski definition) is 7. The van der Waals surface area contributed by atoms with Crippen LogP contribution in [0.25, 0.3) is 0 Å². The standard InChI is InChI=1S/C14H20N2O5S/c1-20-12-4-2-3-5-13(12)21-14(17)11(16)7-6-10(8-15)9-22(18)19/h2-5,9-11H,6-8,15-16H2,1H3. The molecule has 0 aromatic heterocycles.